The third-order valence-corrected chi connectivity index (χ3v) is 5.23. The summed E-state index contributed by atoms with van der Waals surface area (Å²) in [5, 5.41) is 6.27. The van der Waals surface area contributed by atoms with E-state index >= 15 is 0 Å². The zero-order valence-corrected chi connectivity index (χ0v) is 12.5. The molecule has 0 aromatic heterocycles. The van der Waals surface area contributed by atoms with Crippen molar-refractivity contribution in [2.24, 2.45) is 5.92 Å². The summed E-state index contributed by atoms with van der Waals surface area (Å²) in [5.74, 6) is 0.413. The number of amides is 1. The molecule has 1 aliphatic heterocycles. The van der Waals surface area contributed by atoms with Crippen LogP contribution in [0.25, 0.3) is 0 Å². The van der Waals surface area contributed by atoms with E-state index in [0.717, 1.165) is 0 Å². The highest BCUT2D eigenvalue weighted by Gasteiger charge is 2.27. The van der Waals surface area contributed by atoms with E-state index in [1.54, 1.807) is 24.3 Å². The molecule has 1 aromatic carbocycles. The predicted molar refractivity (Wildman–Crippen MR) is 79.7 cm³/mol. The Morgan fingerprint density at radius 3 is 2.85 bits per heavy atom. The lowest BCUT2D eigenvalue weighted by Crippen LogP contribution is -2.32. The number of carbonyl (C=O) groups excluding carboxylic acids is 1. The highest BCUT2D eigenvalue weighted by Crippen LogP contribution is 2.17. The topological polar surface area (TPSA) is 75.3 Å². The van der Waals surface area contributed by atoms with Crippen LogP contribution in [-0.4, -0.2) is 38.9 Å². The van der Waals surface area contributed by atoms with Crippen molar-refractivity contribution in [2.75, 3.05) is 29.9 Å². The average Bonchev–Trinajstić information content (AvgIpc) is 2.69. The van der Waals surface area contributed by atoms with Gasteiger partial charge in [0.25, 0.3) is 0 Å². The fourth-order valence-corrected chi connectivity index (χ4v) is 4.25. The maximum absolute atomic E-state index is 11.7. The van der Waals surface area contributed by atoms with E-state index in [4.69, 9.17) is 11.6 Å². The van der Waals surface area contributed by atoms with Crippen molar-refractivity contribution in [3.63, 3.8) is 0 Å². The van der Waals surface area contributed by atoms with Crippen molar-refractivity contribution in [3.05, 3.63) is 29.3 Å². The van der Waals surface area contributed by atoms with Crippen molar-refractivity contribution in [1.82, 2.24) is 5.32 Å². The largest absolute Gasteiger partial charge is 0.325 e. The molecule has 1 aromatic rings. The molecule has 2 rings (SSSR count). The summed E-state index contributed by atoms with van der Waals surface area (Å²) < 4.78 is 22.6. The third kappa shape index (κ3) is 4.77. The second-order valence-electron chi connectivity index (χ2n) is 4.96. The molecule has 1 unspecified atom stereocenters. The first kappa shape index (κ1) is 15.3. The van der Waals surface area contributed by atoms with Gasteiger partial charge >= 0.3 is 0 Å². The summed E-state index contributed by atoms with van der Waals surface area (Å²) in [5.41, 5.74) is 0.646. The van der Waals surface area contributed by atoms with Crippen molar-refractivity contribution < 1.29 is 13.2 Å². The number of hydrogen-bond donors (Lipinski definition) is 2. The Labute approximate surface area is 123 Å². The van der Waals surface area contributed by atoms with Crippen LogP contribution in [0.2, 0.25) is 5.02 Å². The van der Waals surface area contributed by atoms with Crippen LogP contribution in [0.5, 0.6) is 0 Å². The molecule has 1 amide bonds. The number of sulfone groups is 1. The fourth-order valence-electron chi connectivity index (χ4n) is 2.19. The molecular formula is C13H17ClN2O3S. The van der Waals surface area contributed by atoms with Crippen LogP contribution in [0.1, 0.15) is 6.42 Å². The van der Waals surface area contributed by atoms with E-state index in [1.165, 1.54) is 0 Å². The Bertz CT molecular complexity index is 589. The minimum Gasteiger partial charge on any atom is -0.325 e. The lowest BCUT2D eigenvalue weighted by Gasteiger charge is -2.10. The maximum atomic E-state index is 11.7. The summed E-state index contributed by atoms with van der Waals surface area (Å²) in [7, 11) is -2.85. The van der Waals surface area contributed by atoms with Gasteiger partial charge in [-0.2, -0.15) is 0 Å². The molecule has 0 radical (unpaired) electrons. The molecule has 1 aliphatic rings. The number of anilines is 1. The third-order valence-electron chi connectivity index (χ3n) is 3.15. The van der Waals surface area contributed by atoms with Gasteiger partial charge in [0, 0.05) is 10.7 Å². The van der Waals surface area contributed by atoms with Gasteiger partial charge in [-0.25, -0.2) is 8.42 Å². The Balaban J connectivity index is 1.71. The zero-order valence-electron chi connectivity index (χ0n) is 10.9. The van der Waals surface area contributed by atoms with Gasteiger partial charge in [0.05, 0.1) is 18.1 Å². The van der Waals surface area contributed by atoms with Gasteiger partial charge in [0.15, 0.2) is 9.84 Å². The number of rotatable bonds is 5. The smallest absolute Gasteiger partial charge is 0.238 e. The van der Waals surface area contributed by atoms with Gasteiger partial charge in [-0.05, 0) is 37.1 Å². The standard InChI is InChI=1S/C13H17ClN2O3S/c14-11-2-1-3-12(6-11)16-13(17)8-15-7-10-4-5-20(18,19)9-10/h1-3,6,10,15H,4-5,7-9H2,(H,16,17). The highest BCUT2D eigenvalue weighted by atomic mass is 35.5. The van der Waals surface area contributed by atoms with Gasteiger partial charge in [0.1, 0.15) is 0 Å². The summed E-state index contributed by atoms with van der Waals surface area (Å²) in [6.45, 7) is 0.700. The van der Waals surface area contributed by atoms with Crippen LogP contribution in [-0.2, 0) is 14.6 Å². The predicted octanol–water partition coefficient (Wildman–Crippen LogP) is 1.30. The normalized spacial score (nSPS) is 20.8. The fraction of sp³-hybridized carbons (Fsp3) is 0.462. The lowest BCUT2D eigenvalue weighted by atomic mass is 10.1. The van der Waals surface area contributed by atoms with E-state index in [0.29, 0.717) is 23.7 Å². The van der Waals surface area contributed by atoms with Crippen molar-refractivity contribution in [2.45, 2.75) is 6.42 Å². The summed E-state index contributed by atoms with van der Waals surface area (Å²) in [4.78, 5) is 11.7. The maximum Gasteiger partial charge on any atom is 0.238 e. The van der Waals surface area contributed by atoms with Crippen molar-refractivity contribution in [1.29, 1.82) is 0 Å². The minimum atomic E-state index is -2.85. The molecular weight excluding hydrogens is 300 g/mol. The van der Waals surface area contributed by atoms with Gasteiger partial charge in [0.2, 0.25) is 5.91 Å². The number of nitrogens with one attached hydrogen (secondary N) is 2. The van der Waals surface area contributed by atoms with Gasteiger partial charge in [-0.1, -0.05) is 17.7 Å². The van der Waals surface area contributed by atoms with Crippen molar-refractivity contribution in [3.8, 4) is 0 Å². The van der Waals surface area contributed by atoms with Gasteiger partial charge in [-0.3, -0.25) is 4.79 Å². The molecule has 2 N–H and O–H groups in total. The second kappa shape index (κ2) is 6.56. The van der Waals surface area contributed by atoms with Crippen LogP contribution in [0, 0.1) is 5.92 Å². The first-order chi connectivity index (χ1) is 9.44. The molecule has 5 nitrogen and oxygen atoms in total. The molecule has 7 heteroatoms. The first-order valence-corrected chi connectivity index (χ1v) is 8.61. The quantitative estimate of drug-likeness (QED) is 0.858. The Kier molecular flexibility index (Phi) is 5.01. The van der Waals surface area contributed by atoms with E-state index in [9.17, 15) is 13.2 Å². The summed E-state index contributed by atoms with van der Waals surface area (Å²) in [6, 6.07) is 6.92. The van der Waals surface area contributed by atoms with Gasteiger partial charge in [-0.15, -0.1) is 0 Å². The number of halogens is 1. The van der Waals surface area contributed by atoms with E-state index in [2.05, 4.69) is 10.6 Å². The molecule has 0 saturated carbocycles. The molecule has 0 spiro atoms. The van der Waals surface area contributed by atoms with Crippen LogP contribution in [0.4, 0.5) is 5.69 Å². The summed E-state index contributed by atoms with van der Waals surface area (Å²) >= 11 is 5.82. The molecule has 1 saturated heterocycles. The molecule has 110 valence electrons. The lowest BCUT2D eigenvalue weighted by molar-refractivity contribution is -0.115. The van der Waals surface area contributed by atoms with Crippen LogP contribution in [0.15, 0.2) is 24.3 Å². The van der Waals surface area contributed by atoms with E-state index in [-0.39, 0.29) is 29.9 Å². The second-order valence-corrected chi connectivity index (χ2v) is 7.62. The van der Waals surface area contributed by atoms with Gasteiger partial charge < -0.3 is 10.6 Å². The average molecular weight is 317 g/mol. The van der Waals surface area contributed by atoms with Crippen LogP contribution in [0.3, 0.4) is 0 Å². The summed E-state index contributed by atoms with van der Waals surface area (Å²) in [6.07, 6.45) is 0.672. The highest BCUT2D eigenvalue weighted by molar-refractivity contribution is 7.91. The number of carbonyl (C=O) groups is 1. The Hall–Kier alpha value is -1.11. The van der Waals surface area contributed by atoms with Crippen LogP contribution >= 0.6 is 11.6 Å². The minimum absolute atomic E-state index is 0.110. The monoisotopic (exact) mass is 316 g/mol. The molecule has 20 heavy (non-hydrogen) atoms. The molecule has 0 bridgehead atoms. The molecule has 1 atom stereocenters. The Morgan fingerprint density at radius 1 is 1.40 bits per heavy atom. The van der Waals surface area contributed by atoms with Crippen LogP contribution < -0.4 is 10.6 Å². The molecule has 0 aliphatic carbocycles. The molecule has 1 heterocycles. The Morgan fingerprint density at radius 2 is 2.20 bits per heavy atom. The number of hydrogen-bond acceptors (Lipinski definition) is 4. The van der Waals surface area contributed by atoms with Crippen molar-refractivity contribution >= 4 is 33.0 Å². The molecule has 1 fully saturated rings. The zero-order chi connectivity index (χ0) is 14.6. The first-order valence-electron chi connectivity index (χ1n) is 6.41. The van der Waals surface area contributed by atoms with E-state index in [1.807, 2.05) is 0 Å². The SMILES string of the molecule is O=C(CNCC1CCS(=O)(=O)C1)Nc1cccc(Cl)c1. The number of benzene rings is 1. The van der Waals surface area contributed by atoms with E-state index < -0.39 is 9.84 Å².